The second-order valence-corrected chi connectivity index (χ2v) is 9.43. The Kier molecular flexibility index (Phi) is 6.10. The van der Waals surface area contributed by atoms with Gasteiger partial charge in [-0.15, -0.1) is 0 Å². The Labute approximate surface area is 165 Å². The summed E-state index contributed by atoms with van der Waals surface area (Å²) in [6, 6.07) is 4.59. The fraction of sp³-hybridized carbons (Fsp3) is 0.625. The predicted molar refractivity (Wildman–Crippen MR) is 114 cm³/mol. The first-order valence-electron chi connectivity index (χ1n) is 10.6. The summed E-state index contributed by atoms with van der Waals surface area (Å²) in [5.74, 6) is 1.16. The van der Waals surface area contributed by atoms with Gasteiger partial charge >= 0.3 is 0 Å². The zero-order valence-corrected chi connectivity index (χ0v) is 17.7. The Hall–Kier alpha value is -1.61. The van der Waals surface area contributed by atoms with Gasteiger partial charge in [-0.05, 0) is 75.8 Å². The molecular formula is C24H36N2O. The van der Waals surface area contributed by atoms with Crippen LogP contribution in [0.4, 0.5) is 0 Å². The molecule has 3 heteroatoms. The summed E-state index contributed by atoms with van der Waals surface area (Å²) in [5, 5.41) is 6.91. The van der Waals surface area contributed by atoms with E-state index >= 15 is 0 Å². The predicted octanol–water partition coefficient (Wildman–Crippen LogP) is 4.77. The van der Waals surface area contributed by atoms with Crippen LogP contribution < -0.4 is 10.6 Å². The Morgan fingerprint density at radius 2 is 2.04 bits per heavy atom. The van der Waals surface area contributed by atoms with Crippen LogP contribution in [0.5, 0.6) is 0 Å². The van der Waals surface area contributed by atoms with E-state index in [0.717, 1.165) is 31.5 Å². The fourth-order valence-corrected chi connectivity index (χ4v) is 4.78. The summed E-state index contributed by atoms with van der Waals surface area (Å²) < 4.78 is 0. The first kappa shape index (κ1) is 20.1. The molecular weight excluding hydrogens is 332 g/mol. The zero-order chi connectivity index (χ0) is 19.6. The molecule has 0 radical (unpaired) electrons. The molecule has 0 aromatic heterocycles. The third-order valence-corrected chi connectivity index (χ3v) is 6.20. The molecule has 0 bridgehead atoms. The molecule has 1 aliphatic carbocycles. The van der Waals surface area contributed by atoms with Crippen LogP contribution in [-0.2, 0) is 17.8 Å². The topological polar surface area (TPSA) is 41.1 Å². The third-order valence-electron chi connectivity index (χ3n) is 6.20. The number of allylic oxidation sites excluding steroid dienone is 1. The number of rotatable bonds is 4. The van der Waals surface area contributed by atoms with Crippen LogP contribution in [0.25, 0.3) is 5.70 Å². The highest BCUT2D eigenvalue weighted by molar-refractivity contribution is 5.98. The molecule has 2 aliphatic rings. The molecule has 3 rings (SSSR count). The van der Waals surface area contributed by atoms with Crippen LogP contribution in [-0.4, -0.2) is 18.4 Å². The molecule has 1 fully saturated rings. The molecule has 0 saturated heterocycles. The third kappa shape index (κ3) is 4.82. The number of benzene rings is 1. The average molecular weight is 369 g/mol. The first-order valence-corrected chi connectivity index (χ1v) is 10.6. The van der Waals surface area contributed by atoms with E-state index in [1.54, 1.807) is 0 Å². The highest BCUT2D eigenvalue weighted by Gasteiger charge is 2.30. The van der Waals surface area contributed by atoms with E-state index < -0.39 is 0 Å². The van der Waals surface area contributed by atoms with Gasteiger partial charge in [-0.1, -0.05) is 32.3 Å². The van der Waals surface area contributed by atoms with Crippen LogP contribution in [0.1, 0.15) is 75.1 Å². The Balaban J connectivity index is 1.95. The van der Waals surface area contributed by atoms with E-state index in [9.17, 15) is 4.79 Å². The smallest absolute Gasteiger partial charge is 0.160 e. The van der Waals surface area contributed by atoms with Crippen LogP contribution in [0, 0.1) is 18.8 Å². The second kappa shape index (κ2) is 8.18. The average Bonchev–Trinajstić information content (AvgIpc) is 2.80. The lowest BCUT2D eigenvalue weighted by atomic mass is 9.82. The molecule has 27 heavy (non-hydrogen) atoms. The number of aryl methyl sites for hydroxylation is 1. The highest BCUT2D eigenvalue weighted by atomic mass is 16.1. The van der Waals surface area contributed by atoms with E-state index in [4.69, 9.17) is 0 Å². The van der Waals surface area contributed by atoms with E-state index in [0.29, 0.717) is 11.7 Å². The molecule has 1 aliphatic heterocycles. The lowest BCUT2D eigenvalue weighted by molar-refractivity contribution is -0.118. The molecule has 0 spiro atoms. The summed E-state index contributed by atoms with van der Waals surface area (Å²) in [5.41, 5.74) is 6.17. The van der Waals surface area contributed by atoms with Gasteiger partial charge in [-0.25, -0.2) is 0 Å². The summed E-state index contributed by atoms with van der Waals surface area (Å²) in [6.07, 6.45) is 8.70. The monoisotopic (exact) mass is 368 g/mol. The number of fused-ring (bicyclic) bond motifs is 1. The quantitative estimate of drug-likeness (QED) is 0.594. The van der Waals surface area contributed by atoms with Crippen LogP contribution >= 0.6 is 0 Å². The molecule has 3 nitrogen and oxygen atoms in total. The minimum atomic E-state index is -0.0349. The summed E-state index contributed by atoms with van der Waals surface area (Å²) in [4.78, 5) is 13.1. The number of hydrogen-bond acceptors (Lipinski definition) is 3. The fourth-order valence-electron chi connectivity index (χ4n) is 4.78. The van der Waals surface area contributed by atoms with Crippen molar-refractivity contribution in [1.82, 2.24) is 10.6 Å². The van der Waals surface area contributed by atoms with Gasteiger partial charge in [0.05, 0.1) is 0 Å². The molecule has 1 saturated carbocycles. The molecule has 148 valence electrons. The van der Waals surface area contributed by atoms with Crippen molar-refractivity contribution in [3.8, 4) is 0 Å². The van der Waals surface area contributed by atoms with Gasteiger partial charge in [0.2, 0.25) is 0 Å². The summed E-state index contributed by atoms with van der Waals surface area (Å²) in [6.45, 7) is 9.77. The minimum absolute atomic E-state index is 0.0349. The summed E-state index contributed by atoms with van der Waals surface area (Å²) >= 11 is 0. The van der Waals surface area contributed by atoms with Crippen molar-refractivity contribution >= 4 is 11.5 Å². The number of carbonyl (C=O) groups excluding carboxylic acids is 1. The van der Waals surface area contributed by atoms with E-state index in [1.807, 2.05) is 13.1 Å². The van der Waals surface area contributed by atoms with E-state index in [-0.39, 0.29) is 11.5 Å². The number of ketones is 1. The number of nitrogens with one attached hydrogen (secondary N) is 2. The van der Waals surface area contributed by atoms with Crippen LogP contribution in [0.2, 0.25) is 0 Å². The maximum absolute atomic E-state index is 13.1. The zero-order valence-electron chi connectivity index (χ0n) is 17.7. The van der Waals surface area contributed by atoms with Crippen molar-refractivity contribution in [3.63, 3.8) is 0 Å². The maximum Gasteiger partial charge on any atom is 0.160 e. The number of hydrogen-bond donors (Lipinski definition) is 2. The molecule has 0 amide bonds. The van der Waals surface area contributed by atoms with Gasteiger partial charge in [0.25, 0.3) is 0 Å². The van der Waals surface area contributed by atoms with Crippen molar-refractivity contribution in [1.29, 1.82) is 0 Å². The van der Waals surface area contributed by atoms with Crippen molar-refractivity contribution < 1.29 is 4.79 Å². The van der Waals surface area contributed by atoms with Gasteiger partial charge in [0.1, 0.15) is 0 Å². The molecule has 2 N–H and O–H groups in total. The Morgan fingerprint density at radius 3 is 2.78 bits per heavy atom. The van der Waals surface area contributed by atoms with Crippen molar-refractivity contribution in [2.24, 2.45) is 11.8 Å². The Morgan fingerprint density at radius 1 is 1.30 bits per heavy atom. The lowest BCUT2D eigenvalue weighted by Crippen LogP contribution is -2.44. The lowest BCUT2D eigenvalue weighted by Gasteiger charge is -2.36. The first-order chi connectivity index (χ1) is 12.8. The molecule has 1 aromatic rings. The van der Waals surface area contributed by atoms with Gasteiger partial charge in [-0.3, -0.25) is 4.79 Å². The van der Waals surface area contributed by atoms with Crippen LogP contribution in [0.15, 0.2) is 18.2 Å². The normalized spacial score (nSPS) is 26.2. The van der Waals surface area contributed by atoms with Gasteiger partial charge < -0.3 is 10.6 Å². The van der Waals surface area contributed by atoms with E-state index in [1.165, 1.54) is 41.5 Å². The van der Waals surface area contributed by atoms with Gasteiger partial charge in [0, 0.05) is 35.3 Å². The standard InChI is InChI=1S/C24H36N2O/c1-16-8-6-7-9-18(10-16)23(27)13-22-21-12-20(15-25-5)17(2)11-19(21)14-24(3,4)26-22/h11-13,16,18,25-26H,6-10,14-15H2,1-5H3/b22-13-. The number of carbonyl (C=O) groups is 1. The van der Waals surface area contributed by atoms with E-state index in [2.05, 4.69) is 50.5 Å². The molecule has 1 aromatic carbocycles. The maximum atomic E-state index is 13.1. The molecule has 1 heterocycles. The van der Waals surface area contributed by atoms with Crippen molar-refractivity contribution in [2.45, 2.75) is 78.3 Å². The second-order valence-electron chi connectivity index (χ2n) is 9.43. The van der Waals surface area contributed by atoms with Crippen molar-refractivity contribution in [2.75, 3.05) is 7.05 Å². The molecule has 2 atom stereocenters. The van der Waals surface area contributed by atoms with Crippen LogP contribution in [0.3, 0.4) is 0 Å². The SMILES string of the molecule is CNCc1cc2c(cc1C)CC(C)(C)N/C2=C\C(=O)C1CCCCC(C)C1. The minimum Gasteiger partial charge on any atom is -0.379 e. The molecule has 2 unspecified atom stereocenters. The largest absolute Gasteiger partial charge is 0.379 e. The highest BCUT2D eigenvalue weighted by Crippen LogP contribution is 2.33. The van der Waals surface area contributed by atoms with Gasteiger partial charge in [-0.2, -0.15) is 0 Å². The Bertz CT molecular complexity index is 732. The summed E-state index contributed by atoms with van der Waals surface area (Å²) in [7, 11) is 1.98. The van der Waals surface area contributed by atoms with Crippen molar-refractivity contribution in [3.05, 3.63) is 40.5 Å². The van der Waals surface area contributed by atoms with Gasteiger partial charge in [0.15, 0.2) is 5.78 Å².